The standard InChI is InChI=1S/C16H26N2/c1-4-16(10-15-8-6-5-7-9-15)18-12-13(2)17-11-14(18)3/h5-9,13-14,16-17H,4,10-12H2,1-3H3. The highest BCUT2D eigenvalue weighted by Gasteiger charge is 2.27. The maximum absolute atomic E-state index is 3.56. The second kappa shape index (κ2) is 6.35. The summed E-state index contributed by atoms with van der Waals surface area (Å²) in [6, 6.07) is 12.8. The predicted molar refractivity (Wildman–Crippen MR) is 77.9 cm³/mol. The third-order valence-electron chi connectivity index (χ3n) is 4.07. The van der Waals surface area contributed by atoms with Crippen LogP contribution in [0.4, 0.5) is 0 Å². The average Bonchev–Trinajstić information content (AvgIpc) is 2.40. The second-order valence-corrected chi connectivity index (χ2v) is 5.61. The smallest absolute Gasteiger partial charge is 0.0196 e. The number of piperazine rings is 1. The zero-order chi connectivity index (χ0) is 13.0. The number of hydrogen-bond donors (Lipinski definition) is 1. The molecule has 1 fully saturated rings. The van der Waals surface area contributed by atoms with E-state index in [9.17, 15) is 0 Å². The van der Waals surface area contributed by atoms with E-state index in [0.29, 0.717) is 18.1 Å². The Morgan fingerprint density at radius 3 is 2.67 bits per heavy atom. The molecule has 1 aliphatic rings. The van der Waals surface area contributed by atoms with Crippen LogP contribution in [0.25, 0.3) is 0 Å². The molecule has 18 heavy (non-hydrogen) atoms. The Labute approximate surface area is 111 Å². The summed E-state index contributed by atoms with van der Waals surface area (Å²) < 4.78 is 0. The molecule has 0 bridgehead atoms. The predicted octanol–water partition coefficient (Wildman–Crippen LogP) is 2.69. The molecule has 1 heterocycles. The zero-order valence-electron chi connectivity index (χ0n) is 11.9. The van der Waals surface area contributed by atoms with Crippen molar-refractivity contribution in [1.82, 2.24) is 10.2 Å². The van der Waals surface area contributed by atoms with Gasteiger partial charge in [-0.2, -0.15) is 0 Å². The van der Waals surface area contributed by atoms with Gasteiger partial charge in [-0.25, -0.2) is 0 Å². The summed E-state index contributed by atoms with van der Waals surface area (Å²) in [6.07, 6.45) is 2.40. The van der Waals surface area contributed by atoms with Gasteiger partial charge in [0, 0.05) is 31.2 Å². The highest BCUT2D eigenvalue weighted by molar-refractivity contribution is 5.16. The fraction of sp³-hybridized carbons (Fsp3) is 0.625. The van der Waals surface area contributed by atoms with Crippen molar-refractivity contribution in [2.45, 2.75) is 51.7 Å². The fourth-order valence-corrected chi connectivity index (χ4v) is 2.94. The van der Waals surface area contributed by atoms with E-state index < -0.39 is 0 Å². The van der Waals surface area contributed by atoms with Crippen molar-refractivity contribution in [3.63, 3.8) is 0 Å². The molecule has 3 unspecified atom stereocenters. The molecule has 2 nitrogen and oxygen atoms in total. The molecule has 1 saturated heterocycles. The molecular weight excluding hydrogens is 220 g/mol. The molecule has 2 heteroatoms. The average molecular weight is 246 g/mol. The van der Waals surface area contributed by atoms with E-state index in [0.717, 1.165) is 6.54 Å². The number of rotatable bonds is 4. The van der Waals surface area contributed by atoms with E-state index >= 15 is 0 Å². The minimum atomic E-state index is 0.617. The van der Waals surface area contributed by atoms with E-state index in [1.807, 2.05) is 0 Å². The van der Waals surface area contributed by atoms with Crippen molar-refractivity contribution in [2.75, 3.05) is 13.1 Å². The minimum Gasteiger partial charge on any atom is -0.311 e. The Hall–Kier alpha value is -0.860. The summed E-state index contributed by atoms with van der Waals surface area (Å²) in [5.74, 6) is 0. The molecule has 0 radical (unpaired) electrons. The zero-order valence-corrected chi connectivity index (χ0v) is 11.9. The van der Waals surface area contributed by atoms with E-state index in [-0.39, 0.29) is 0 Å². The topological polar surface area (TPSA) is 15.3 Å². The van der Waals surface area contributed by atoms with Crippen molar-refractivity contribution in [1.29, 1.82) is 0 Å². The molecule has 3 atom stereocenters. The van der Waals surface area contributed by atoms with Crippen molar-refractivity contribution < 1.29 is 0 Å². The molecule has 0 aliphatic carbocycles. The molecule has 100 valence electrons. The minimum absolute atomic E-state index is 0.617. The van der Waals surface area contributed by atoms with Crippen LogP contribution < -0.4 is 5.32 Å². The van der Waals surface area contributed by atoms with Gasteiger partial charge in [-0.15, -0.1) is 0 Å². The lowest BCUT2D eigenvalue weighted by Crippen LogP contribution is -2.57. The largest absolute Gasteiger partial charge is 0.311 e. The van der Waals surface area contributed by atoms with Gasteiger partial charge < -0.3 is 5.32 Å². The normalized spacial score (nSPS) is 27.1. The van der Waals surface area contributed by atoms with Crippen LogP contribution in [0.5, 0.6) is 0 Å². The van der Waals surface area contributed by atoms with Gasteiger partial charge in [0.15, 0.2) is 0 Å². The SMILES string of the molecule is CCC(Cc1ccccc1)N1CC(C)NCC1C. The van der Waals surface area contributed by atoms with E-state index in [2.05, 4.69) is 61.3 Å². The summed E-state index contributed by atoms with van der Waals surface area (Å²) in [6.45, 7) is 9.23. The molecule has 0 aromatic heterocycles. The first-order valence-corrected chi connectivity index (χ1v) is 7.23. The Balaban J connectivity index is 2.03. The highest BCUT2D eigenvalue weighted by Crippen LogP contribution is 2.17. The highest BCUT2D eigenvalue weighted by atomic mass is 15.2. The van der Waals surface area contributed by atoms with Gasteiger partial charge in [0.05, 0.1) is 0 Å². The molecule has 0 saturated carbocycles. The lowest BCUT2D eigenvalue weighted by atomic mass is 9.99. The van der Waals surface area contributed by atoms with Crippen LogP contribution in [-0.4, -0.2) is 36.1 Å². The van der Waals surface area contributed by atoms with E-state index in [1.54, 1.807) is 0 Å². The van der Waals surface area contributed by atoms with Crippen LogP contribution in [0.2, 0.25) is 0 Å². The first kappa shape index (κ1) is 13.6. The van der Waals surface area contributed by atoms with Crippen molar-refractivity contribution in [3.05, 3.63) is 35.9 Å². The van der Waals surface area contributed by atoms with Crippen LogP contribution >= 0.6 is 0 Å². The number of nitrogens with zero attached hydrogens (tertiary/aromatic N) is 1. The van der Waals surface area contributed by atoms with Gasteiger partial charge in [0.25, 0.3) is 0 Å². The molecule has 0 amide bonds. The molecule has 1 aromatic rings. The lowest BCUT2D eigenvalue weighted by molar-refractivity contribution is 0.0921. The number of benzene rings is 1. The molecular formula is C16H26N2. The summed E-state index contributed by atoms with van der Waals surface area (Å²) in [4.78, 5) is 2.69. The van der Waals surface area contributed by atoms with Gasteiger partial charge in [-0.1, -0.05) is 37.3 Å². The van der Waals surface area contributed by atoms with Gasteiger partial charge in [-0.05, 0) is 32.3 Å². The Morgan fingerprint density at radius 2 is 2.00 bits per heavy atom. The van der Waals surface area contributed by atoms with Crippen LogP contribution in [-0.2, 0) is 6.42 Å². The fourth-order valence-electron chi connectivity index (χ4n) is 2.94. The summed E-state index contributed by atoms with van der Waals surface area (Å²) in [7, 11) is 0. The molecule has 0 spiro atoms. The van der Waals surface area contributed by atoms with Crippen LogP contribution in [0.3, 0.4) is 0 Å². The Kier molecular flexibility index (Phi) is 4.79. The maximum atomic E-state index is 3.56. The maximum Gasteiger partial charge on any atom is 0.0196 e. The van der Waals surface area contributed by atoms with Crippen LogP contribution in [0.15, 0.2) is 30.3 Å². The number of hydrogen-bond acceptors (Lipinski definition) is 2. The molecule has 1 N–H and O–H groups in total. The summed E-state index contributed by atoms with van der Waals surface area (Å²) >= 11 is 0. The monoisotopic (exact) mass is 246 g/mol. The van der Waals surface area contributed by atoms with Crippen LogP contribution in [0.1, 0.15) is 32.8 Å². The summed E-state index contributed by atoms with van der Waals surface area (Å²) in [5, 5.41) is 3.56. The molecule has 1 aromatic carbocycles. The van der Waals surface area contributed by atoms with Crippen molar-refractivity contribution >= 4 is 0 Å². The van der Waals surface area contributed by atoms with E-state index in [1.165, 1.54) is 24.9 Å². The Bertz CT molecular complexity index is 349. The Morgan fingerprint density at radius 1 is 1.28 bits per heavy atom. The third-order valence-corrected chi connectivity index (χ3v) is 4.07. The lowest BCUT2D eigenvalue weighted by Gasteiger charge is -2.42. The number of nitrogens with one attached hydrogen (secondary N) is 1. The van der Waals surface area contributed by atoms with Gasteiger partial charge in [-0.3, -0.25) is 4.90 Å². The summed E-state index contributed by atoms with van der Waals surface area (Å²) in [5.41, 5.74) is 1.46. The van der Waals surface area contributed by atoms with Crippen molar-refractivity contribution in [2.24, 2.45) is 0 Å². The molecule has 1 aliphatic heterocycles. The first-order valence-electron chi connectivity index (χ1n) is 7.23. The molecule has 2 rings (SSSR count). The third kappa shape index (κ3) is 3.33. The van der Waals surface area contributed by atoms with Crippen LogP contribution in [0, 0.1) is 0 Å². The first-order chi connectivity index (χ1) is 8.70. The quantitative estimate of drug-likeness (QED) is 0.878. The van der Waals surface area contributed by atoms with Crippen molar-refractivity contribution in [3.8, 4) is 0 Å². The second-order valence-electron chi connectivity index (χ2n) is 5.61. The van der Waals surface area contributed by atoms with E-state index in [4.69, 9.17) is 0 Å². The van der Waals surface area contributed by atoms with Gasteiger partial charge in [0.1, 0.15) is 0 Å². The van der Waals surface area contributed by atoms with Gasteiger partial charge in [0.2, 0.25) is 0 Å². The van der Waals surface area contributed by atoms with Gasteiger partial charge >= 0.3 is 0 Å².